The van der Waals surface area contributed by atoms with Crippen molar-refractivity contribution in [2.24, 2.45) is 5.73 Å². The Morgan fingerprint density at radius 1 is 1.61 bits per heavy atom. The largest absolute Gasteiger partial charge is 0.396 e. The summed E-state index contributed by atoms with van der Waals surface area (Å²) < 4.78 is 0. The number of hydrogen-bond acceptors (Lipinski definition) is 5. The molecule has 0 spiro atoms. The summed E-state index contributed by atoms with van der Waals surface area (Å²) in [4.78, 5) is 16.9. The highest BCUT2D eigenvalue weighted by Crippen LogP contribution is 2.21. The van der Waals surface area contributed by atoms with E-state index in [1.807, 2.05) is 6.07 Å². The number of carbonyl (C=O) groups excluding carboxylic acids is 1. The monoisotopic (exact) mass is 247 g/mol. The van der Waals surface area contributed by atoms with Gasteiger partial charge in [-0.05, 0) is 12.5 Å². The number of primary amides is 1. The van der Waals surface area contributed by atoms with Crippen molar-refractivity contribution in [3.8, 4) is 6.07 Å². The molecule has 18 heavy (non-hydrogen) atoms. The number of anilines is 2. The number of pyridine rings is 1. The predicted molar refractivity (Wildman–Crippen MR) is 69.7 cm³/mol. The number of nitrogens with zero attached hydrogens (tertiary/aromatic N) is 3. The second kappa shape index (κ2) is 6.45. The van der Waals surface area contributed by atoms with Gasteiger partial charge in [-0.25, -0.2) is 4.98 Å². The van der Waals surface area contributed by atoms with E-state index in [1.54, 1.807) is 11.0 Å². The highest BCUT2D eigenvalue weighted by molar-refractivity contribution is 5.80. The number of nitrogens with two attached hydrogens (primary N) is 2. The average molecular weight is 247 g/mol. The lowest BCUT2D eigenvalue weighted by Gasteiger charge is -2.23. The van der Waals surface area contributed by atoms with Crippen LogP contribution in [0.4, 0.5) is 11.5 Å². The molecule has 0 aliphatic rings. The molecule has 96 valence electrons. The van der Waals surface area contributed by atoms with Gasteiger partial charge in [0.2, 0.25) is 5.91 Å². The van der Waals surface area contributed by atoms with Crippen molar-refractivity contribution in [1.29, 1.82) is 5.26 Å². The van der Waals surface area contributed by atoms with E-state index in [0.717, 1.165) is 12.8 Å². The van der Waals surface area contributed by atoms with Crippen molar-refractivity contribution in [2.75, 3.05) is 23.7 Å². The average Bonchev–Trinajstić information content (AvgIpc) is 2.34. The Labute approximate surface area is 106 Å². The smallest absolute Gasteiger partial charge is 0.236 e. The summed E-state index contributed by atoms with van der Waals surface area (Å²) >= 11 is 0. The fourth-order valence-corrected chi connectivity index (χ4v) is 1.60. The van der Waals surface area contributed by atoms with E-state index in [0.29, 0.717) is 23.6 Å². The number of nitrogen functional groups attached to an aromatic ring is 1. The third-order valence-electron chi connectivity index (χ3n) is 2.45. The van der Waals surface area contributed by atoms with Gasteiger partial charge < -0.3 is 16.4 Å². The second-order valence-electron chi connectivity index (χ2n) is 3.99. The lowest BCUT2D eigenvalue weighted by atomic mass is 10.2. The van der Waals surface area contributed by atoms with Crippen LogP contribution >= 0.6 is 0 Å². The fourth-order valence-electron chi connectivity index (χ4n) is 1.60. The number of hydrogen-bond donors (Lipinski definition) is 2. The molecular weight excluding hydrogens is 230 g/mol. The minimum absolute atomic E-state index is 0.0725. The van der Waals surface area contributed by atoms with Crippen LogP contribution in [0.15, 0.2) is 12.3 Å². The van der Waals surface area contributed by atoms with E-state index >= 15 is 0 Å². The number of amides is 1. The Kier molecular flexibility index (Phi) is 4.93. The summed E-state index contributed by atoms with van der Waals surface area (Å²) in [6, 6.07) is 3.51. The van der Waals surface area contributed by atoms with Gasteiger partial charge in [-0.3, -0.25) is 4.79 Å². The summed E-state index contributed by atoms with van der Waals surface area (Å²) in [6.07, 6.45) is 3.34. The van der Waals surface area contributed by atoms with Gasteiger partial charge in [-0.15, -0.1) is 0 Å². The lowest BCUT2D eigenvalue weighted by molar-refractivity contribution is -0.116. The quantitative estimate of drug-likeness (QED) is 0.766. The first-order valence-electron chi connectivity index (χ1n) is 5.77. The summed E-state index contributed by atoms with van der Waals surface area (Å²) in [5.74, 6) is 0.0675. The highest BCUT2D eigenvalue weighted by Gasteiger charge is 2.13. The third kappa shape index (κ3) is 3.63. The van der Waals surface area contributed by atoms with E-state index < -0.39 is 5.91 Å². The Bertz CT molecular complexity index is 466. The topological polar surface area (TPSA) is 109 Å². The van der Waals surface area contributed by atoms with Gasteiger partial charge in [0.05, 0.1) is 17.8 Å². The summed E-state index contributed by atoms with van der Waals surface area (Å²) in [7, 11) is 0. The summed E-state index contributed by atoms with van der Waals surface area (Å²) in [5.41, 5.74) is 11.8. The molecule has 0 saturated heterocycles. The maximum atomic E-state index is 11.0. The minimum Gasteiger partial charge on any atom is -0.396 e. The zero-order valence-corrected chi connectivity index (χ0v) is 10.4. The fraction of sp³-hybridized carbons (Fsp3) is 0.417. The van der Waals surface area contributed by atoms with Gasteiger partial charge in [0.1, 0.15) is 6.07 Å². The molecule has 1 heterocycles. The zero-order valence-electron chi connectivity index (χ0n) is 10.4. The van der Waals surface area contributed by atoms with Crippen LogP contribution in [0.2, 0.25) is 0 Å². The van der Waals surface area contributed by atoms with Crippen LogP contribution < -0.4 is 16.4 Å². The van der Waals surface area contributed by atoms with Crippen molar-refractivity contribution < 1.29 is 4.79 Å². The Morgan fingerprint density at radius 3 is 2.83 bits per heavy atom. The van der Waals surface area contributed by atoms with Gasteiger partial charge in [0.25, 0.3) is 0 Å². The SMILES string of the molecule is CCCCN(CC(N)=O)c1ncc(C#N)cc1N. The van der Waals surface area contributed by atoms with Gasteiger partial charge in [-0.1, -0.05) is 13.3 Å². The molecule has 0 fully saturated rings. The lowest BCUT2D eigenvalue weighted by Crippen LogP contribution is -2.35. The van der Waals surface area contributed by atoms with Crippen LogP contribution in [0.3, 0.4) is 0 Å². The Hall–Kier alpha value is -2.29. The van der Waals surface area contributed by atoms with Crippen LogP contribution in [0.25, 0.3) is 0 Å². The van der Waals surface area contributed by atoms with Crippen LogP contribution in [0.1, 0.15) is 25.3 Å². The van der Waals surface area contributed by atoms with E-state index in [-0.39, 0.29) is 6.54 Å². The van der Waals surface area contributed by atoms with E-state index in [9.17, 15) is 4.79 Å². The van der Waals surface area contributed by atoms with Gasteiger partial charge >= 0.3 is 0 Å². The molecule has 1 aromatic rings. The number of nitriles is 1. The van der Waals surface area contributed by atoms with E-state index in [2.05, 4.69) is 11.9 Å². The Balaban J connectivity index is 2.97. The van der Waals surface area contributed by atoms with Crippen LogP contribution in [-0.4, -0.2) is 24.0 Å². The number of unbranched alkanes of at least 4 members (excludes halogenated alkanes) is 1. The van der Waals surface area contributed by atoms with Gasteiger partial charge in [-0.2, -0.15) is 5.26 Å². The second-order valence-corrected chi connectivity index (χ2v) is 3.99. The van der Waals surface area contributed by atoms with Crippen LogP contribution in [0.5, 0.6) is 0 Å². The molecular formula is C12H17N5O. The van der Waals surface area contributed by atoms with Gasteiger partial charge in [0, 0.05) is 12.7 Å². The molecule has 4 N–H and O–H groups in total. The standard InChI is InChI=1S/C12H17N5O/c1-2-3-4-17(8-11(15)18)12-10(14)5-9(6-13)7-16-12/h5,7H,2-4,8,14H2,1H3,(H2,15,18). The van der Waals surface area contributed by atoms with Crippen molar-refractivity contribution in [1.82, 2.24) is 4.98 Å². The van der Waals surface area contributed by atoms with E-state index in [1.165, 1.54) is 6.20 Å². The molecule has 0 atom stereocenters. The molecule has 0 radical (unpaired) electrons. The molecule has 0 aliphatic heterocycles. The molecule has 0 bridgehead atoms. The van der Waals surface area contributed by atoms with Crippen LogP contribution in [-0.2, 0) is 4.79 Å². The number of carbonyl (C=O) groups is 1. The molecule has 1 aromatic heterocycles. The van der Waals surface area contributed by atoms with Gasteiger partial charge in [0.15, 0.2) is 5.82 Å². The van der Waals surface area contributed by atoms with Crippen molar-refractivity contribution in [3.63, 3.8) is 0 Å². The molecule has 6 nitrogen and oxygen atoms in total. The van der Waals surface area contributed by atoms with Crippen molar-refractivity contribution >= 4 is 17.4 Å². The van der Waals surface area contributed by atoms with E-state index in [4.69, 9.17) is 16.7 Å². The molecule has 6 heteroatoms. The van der Waals surface area contributed by atoms with Crippen molar-refractivity contribution in [2.45, 2.75) is 19.8 Å². The van der Waals surface area contributed by atoms with Crippen LogP contribution in [0, 0.1) is 11.3 Å². The zero-order chi connectivity index (χ0) is 13.5. The molecule has 0 unspecified atom stereocenters. The molecule has 1 amide bonds. The maximum Gasteiger partial charge on any atom is 0.236 e. The first-order chi connectivity index (χ1) is 8.58. The summed E-state index contributed by atoms with van der Waals surface area (Å²) in [5, 5.41) is 8.75. The maximum absolute atomic E-state index is 11.0. The third-order valence-corrected chi connectivity index (χ3v) is 2.45. The molecule has 0 saturated carbocycles. The van der Waals surface area contributed by atoms with Crippen molar-refractivity contribution in [3.05, 3.63) is 17.8 Å². The Morgan fingerprint density at radius 2 is 2.33 bits per heavy atom. The molecule has 0 aliphatic carbocycles. The highest BCUT2D eigenvalue weighted by atomic mass is 16.1. The summed E-state index contributed by atoms with van der Waals surface area (Å²) in [6.45, 7) is 2.78. The normalized spacial score (nSPS) is 9.78. The molecule has 1 rings (SSSR count). The number of aromatic nitrogens is 1. The molecule has 0 aromatic carbocycles. The minimum atomic E-state index is -0.434. The number of rotatable bonds is 6. The first-order valence-corrected chi connectivity index (χ1v) is 5.77. The predicted octanol–water partition coefficient (Wildman–Crippen LogP) is 0.627. The first kappa shape index (κ1) is 13.8.